The van der Waals surface area contributed by atoms with E-state index in [-0.39, 0.29) is 35.3 Å². The van der Waals surface area contributed by atoms with Crippen LogP contribution in [0.3, 0.4) is 0 Å². The number of hydrogen-bond donors (Lipinski definition) is 1. The van der Waals surface area contributed by atoms with Crippen molar-refractivity contribution >= 4 is 35.8 Å². The highest BCUT2D eigenvalue weighted by Crippen LogP contribution is 2.36. The second kappa shape index (κ2) is 32.7. The standard InChI is InChI=1S/C44H67N3O15Si/c1-44(2,3)63(40-10-6-4-7-11-40,41-12-8-5-9-13-41)62-37-36-61-35-34-60-33-32-59-31-30-58-29-28-57-27-26-56-25-24-55-23-22-54-21-20-53-19-18-52-17-16-45-42-15-14-39(46(48)49)38-43(42)47(50)51/h4-15,38,45H,16-37H2,1-3H3. The summed E-state index contributed by atoms with van der Waals surface area (Å²) in [5, 5.41) is 27.3. The molecule has 3 aromatic carbocycles. The minimum atomic E-state index is -2.56. The van der Waals surface area contributed by atoms with Gasteiger partial charge in [0.15, 0.2) is 0 Å². The predicted octanol–water partition coefficient (Wildman–Crippen LogP) is 4.66. The summed E-state index contributed by atoms with van der Waals surface area (Å²) in [7, 11) is -2.56. The Balaban J connectivity index is 1.00. The fourth-order valence-corrected chi connectivity index (χ4v) is 10.8. The number of nitrogens with one attached hydrogen (secondary N) is 1. The van der Waals surface area contributed by atoms with Gasteiger partial charge < -0.3 is 57.1 Å². The molecule has 19 heteroatoms. The molecule has 0 aliphatic heterocycles. The van der Waals surface area contributed by atoms with Gasteiger partial charge in [-0.1, -0.05) is 81.4 Å². The van der Waals surface area contributed by atoms with Gasteiger partial charge in [0.1, 0.15) is 5.69 Å². The van der Waals surface area contributed by atoms with Gasteiger partial charge in [-0.25, -0.2) is 0 Å². The molecule has 3 rings (SSSR count). The molecule has 0 amide bonds. The van der Waals surface area contributed by atoms with E-state index in [1.54, 1.807) is 0 Å². The Morgan fingerprint density at radius 3 is 1.11 bits per heavy atom. The molecule has 18 nitrogen and oxygen atoms in total. The molecule has 0 saturated carbocycles. The van der Waals surface area contributed by atoms with E-state index in [1.807, 2.05) is 12.1 Å². The van der Waals surface area contributed by atoms with E-state index in [4.69, 9.17) is 51.8 Å². The number of nitro groups is 2. The molecule has 0 atom stereocenters. The first kappa shape index (κ1) is 53.4. The van der Waals surface area contributed by atoms with Crippen molar-refractivity contribution in [2.45, 2.75) is 25.8 Å². The molecular formula is C44H67N3O15Si. The van der Waals surface area contributed by atoms with Crippen molar-refractivity contribution in [3.63, 3.8) is 0 Å². The van der Waals surface area contributed by atoms with Crippen molar-refractivity contribution in [1.29, 1.82) is 0 Å². The van der Waals surface area contributed by atoms with Gasteiger partial charge in [0.25, 0.3) is 19.7 Å². The lowest BCUT2D eigenvalue weighted by Gasteiger charge is -2.43. The second-order valence-corrected chi connectivity index (χ2v) is 19.1. The van der Waals surface area contributed by atoms with E-state index >= 15 is 0 Å². The normalized spacial score (nSPS) is 11.9. The largest absolute Gasteiger partial charge is 0.405 e. The molecule has 0 fully saturated rings. The predicted molar refractivity (Wildman–Crippen MR) is 240 cm³/mol. The van der Waals surface area contributed by atoms with E-state index in [2.05, 4.69) is 74.6 Å². The second-order valence-electron chi connectivity index (χ2n) is 14.8. The van der Waals surface area contributed by atoms with Crippen molar-refractivity contribution in [3.8, 4) is 0 Å². The molecule has 0 bridgehead atoms. The van der Waals surface area contributed by atoms with Crippen molar-refractivity contribution in [1.82, 2.24) is 0 Å². The van der Waals surface area contributed by atoms with Crippen LogP contribution in [-0.4, -0.2) is 163 Å². The molecule has 0 aliphatic rings. The van der Waals surface area contributed by atoms with Gasteiger partial charge in [-0.15, -0.1) is 0 Å². The van der Waals surface area contributed by atoms with Crippen LogP contribution < -0.4 is 15.7 Å². The molecule has 63 heavy (non-hydrogen) atoms. The highest BCUT2D eigenvalue weighted by atomic mass is 28.4. The maximum Gasteiger partial charge on any atom is 0.299 e. The van der Waals surface area contributed by atoms with Crippen LogP contribution in [0.2, 0.25) is 5.04 Å². The van der Waals surface area contributed by atoms with E-state index in [0.717, 1.165) is 6.07 Å². The van der Waals surface area contributed by atoms with Crippen LogP contribution in [0.4, 0.5) is 17.1 Å². The molecule has 0 unspecified atom stereocenters. The number of rotatable bonds is 39. The van der Waals surface area contributed by atoms with Gasteiger partial charge >= 0.3 is 0 Å². The fraction of sp³-hybridized carbons (Fsp3) is 0.591. The van der Waals surface area contributed by atoms with E-state index in [0.29, 0.717) is 132 Å². The Morgan fingerprint density at radius 2 is 0.794 bits per heavy atom. The van der Waals surface area contributed by atoms with E-state index in [9.17, 15) is 20.2 Å². The topological polar surface area (TPSA) is 200 Å². The summed E-state index contributed by atoms with van der Waals surface area (Å²) >= 11 is 0. The molecule has 352 valence electrons. The van der Waals surface area contributed by atoms with Crippen molar-refractivity contribution < 1.29 is 61.6 Å². The molecule has 0 heterocycles. The summed E-state index contributed by atoms with van der Waals surface area (Å²) in [4.78, 5) is 20.7. The number of hydrogen-bond acceptors (Lipinski definition) is 16. The minimum Gasteiger partial charge on any atom is -0.405 e. The van der Waals surface area contributed by atoms with Crippen LogP contribution in [-0.2, 0) is 51.8 Å². The Morgan fingerprint density at radius 1 is 0.460 bits per heavy atom. The number of nitrogens with zero attached hydrogens (tertiary/aromatic N) is 2. The van der Waals surface area contributed by atoms with Crippen molar-refractivity contribution in [2.75, 3.05) is 151 Å². The monoisotopic (exact) mass is 905 g/mol. The van der Waals surface area contributed by atoms with Gasteiger partial charge in [-0.05, 0) is 21.5 Å². The molecule has 0 spiro atoms. The number of nitro benzene ring substituents is 2. The summed E-state index contributed by atoms with van der Waals surface area (Å²) in [5.74, 6) is 0. The Labute approximate surface area is 372 Å². The smallest absolute Gasteiger partial charge is 0.299 e. The third kappa shape index (κ3) is 21.5. The van der Waals surface area contributed by atoms with Crippen LogP contribution >= 0.6 is 0 Å². The summed E-state index contributed by atoms with van der Waals surface area (Å²) in [6.45, 7) is 16.4. The number of anilines is 1. The first-order valence-corrected chi connectivity index (χ1v) is 23.3. The highest BCUT2D eigenvalue weighted by molar-refractivity contribution is 6.99. The van der Waals surface area contributed by atoms with Crippen LogP contribution in [0.15, 0.2) is 78.9 Å². The lowest BCUT2D eigenvalue weighted by Crippen LogP contribution is -2.66. The maximum absolute atomic E-state index is 11.2. The highest BCUT2D eigenvalue weighted by Gasteiger charge is 2.50. The third-order valence-corrected chi connectivity index (χ3v) is 14.3. The quantitative estimate of drug-likeness (QED) is 0.0359. The SMILES string of the molecule is CC(C)(C)[Si](OCCOCCOCCOCCOCCOCCOCCOCCOCCOCCOCCNc1ccc([N+](=O)[O-])cc1[N+](=O)[O-])(c1ccccc1)c1ccccc1. The minimum absolute atomic E-state index is 0.0713. The number of non-ortho nitro benzene ring substituents is 1. The average molecular weight is 906 g/mol. The van der Waals surface area contributed by atoms with Gasteiger partial charge in [-0.3, -0.25) is 20.2 Å². The van der Waals surface area contributed by atoms with Crippen LogP contribution in [0.5, 0.6) is 0 Å². The lowest BCUT2D eigenvalue weighted by atomic mass is 10.2. The van der Waals surface area contributed by atoms with Crippen LogP contribution in [0, 0.1) is 20.2 Å². The van der Waals surface area contributed by atoms with Crippen molar-refractivity contribution in [2.24, 2.45) is 0 Å². The van der Waals surface area contributed by atoms with Gasteiger partial charge in [0, 0.05) is 12.6 Å². The molecule has 3 aromatic rings. The summed E-state index contributed by atoms with van der Waals surface area (Å²) in [6.07, 6.45) is 0. The van der Waals surface area contributed by atoms with Crippen molar-refractivity contribution in [3.05, 3.63) is 99.1 Å². The Kier molecular flexibility index (Phi) is 27.7. The maximum atomic E-state index is 11.2. The summed E-state index contributed by atoms with van der Waals surface area (Å²) in [5.41, 5.74) is -0.530. The van der Waals surface area contributed by atoms with Gasteiger partial charge in [-0.2, -0.15) is 0 Å². The molecular weight excluding hydrogens is 839 g/mol. The Hall–Kier alpha value is -3.96. The summed E-state index contributed by atoms with van der Waals surface area (Å²) in [6, 6.07) is 24.6. The van der Waals surface area contributed by atoms with Gasteiger partial charge in [0.05, 0.1) is 155 Å². The molecule has 0 radical (unpaired) electrons. The number of ether oxygens (including phenoxy) is 10. The lowest BCUT2D eigenvalue weighted by molar-refractivity contribution is -0.393. The first-order valence-electron chi connectivity index (χ1n) is 21.4. The van der Waals surface area contributed by atoms with Crippen LogP contribution in [0.1, 0.15) is 20.8 Å². The zero-order valence-corrected chi connectivity index (χ0v) is 38.1. The molecule has 0 saturated heterocycles. The number of benzene rings is 3. The van der Waals surface area contributed by atoms with E-state index < -0.39 is 18.2 Å². The van der Waals surface area contributed by atoms with Crippen LogP contribution in [0.25, 0.3) is 0 Å². The molecule has 0 aliphatic carbocycles. The van der Waals surface area contributed by atoms with Gasteiger partial charge in [0.2, 0.25) is 0 Å². The molecule has 1 N–H and O–H groups in total. The third-order valence-electron chi connectivity index (χ3n) is 9.26. The molecule has 0 aromatic heterocycles. The summed E-state index contributed by atoms with van der Waals surface area (Å²) < 4.78 is 62.4. The Bertz CT molecular complexity index is 1600. The first-order chi connectivity index (χ1) is 30.7. The zero-order chi connectivity index (χ0) is 45.3. The fourth-order valence-electron chi connectivity index (χ4n) is 6.29. The van der Waals surface area contributed by atoms with E-state index in [1.165, 1.54) is 22.5 Å². The zero-order valence-electron chi connectivity index (χ0n) is 37.1. The average Bonchev–Trinajstić information content (AvgIpc) is 3.28.